The van der Waals surface area contributed by atoms with Crippen molar-refractivity contribution in [2.75, 3.05) is 32.8 Å². The topological polar surface area (TPSA) is 45.7 Å². The minimum absolute atomic E-state index is 0.0707. The Morgan fingerprint density at radius 2 is 2.08 bits per heavy atom. The van der Waals surface area contributed by atoms with Crippen LogP contribution in [0, 0.1) is 5.92 Å². The van der Waals surface area contributed by atoms with Crippen molar-refractivity contribution in [2.24, 2.45) is 5.92 Å². The fourth-order valence-electron chi connectivity index (χ4n) is 4.83. The van der Waals surface area contributed by atoms with Gasteiger partial charge >= 0.3 is 0 Å². The van der Waals surface area contributed by atoms with E-state index in [0.29, 0.717) is 18.2 Å². The first-order chi connectivity index (χ1) is 12.3. The molecular formula is C20H29N3O2. The lowest BCUT2D eigenvalue weighted by Gasteiger charge is -2.38. The van der Waals surface area contributed by atoms with Crippen LogP contribution in [0.2, 0.25) is 0 Å². The third-order valence-electron chi connectivity index (χ3n) is 6.32. The monoisotopic (exact) mass is 343 g/mol. The molecule has 2 atom stereocenters. The van der Waals surface area contributed by atoms with Gasteiger partial charge in [0.2, 0.25) is 5.91 Å². The Kier molecular flexibility index (Phi) is 5.04. The molecule has 25 heavy (non-hydrogen) atoms. The molecule has 136 valence electrons. The SMILES string of the molecule is O=C1CCC2(CCCN(CC3CCOC3)CC2)N1Cc1ccncc1. The molecule has 5 heteroatoms. The quantitative estimate of drug-likeness (QED) is 0.842. The number of carbonyl (C=O) groups excluding carboxylic acids is 1. The van der Waals surface area contributed by atoms with Crippen molar-refractivity contribution in [3.63, 3.8) is 0 Å². The van der Waals surface area contributed by atoms with Crippen LogP contribution in [0.4, 0.5) is 0 Å². The summed E-state index contributed by atoms with van der Waals surface area (Å²) in [5, 5.41) is 0. The molecule has 3 aliphatic rings. The summed E-state index contributed by atoms with van der Waals surface area (Å²) in [6.07, 6.45) is 10.0. The standard InChI is InChI=1S/C20H29N3O2/c24-19-2-7-20(23(19)15-17-3-9-21-10-4-17)6-1-11-22(12-8-20)14-18-5-13-25-16-18/h3-4,9-10,18H,1-2,5-8,11-16H2. The molecule has 0 saturated carbocycles. The van der Waals surface area contributed by atoms with E-state index in [1.54, 1.807) is 0 Å². The zero-order valence-electron chi connectivity index (χ0n) is 15.0. The first-order valence-corrected chi connectivity index (χ1v) is 9.75. The van der Waals surface area contributed by atoms with Crippen molar-refractivity contribution >= 4 is 5.91 Å². The number of carbonyl (C=O) groups is 1. The summed E-state index contributed by atoms with van der Waals surface area (Å²) in [6, 6.07) is 4.06. The van der Waals surface area contributed by atoms with E-state index >= 15 is 0 Å². The molecular weight excluding hydrogens is 314 g/mol. The minimum Gasteiger partial charge on any atom is -0.381 e. The smallest absolute Gasteiger partial charge is 0.223 e. The fourth-order valence-corrected chi connectivity index (χ4v) is 4.83. The zero-order valence-corrected chi connectivity index (χ0v) is 15.0. The molecule has 1 amide bonds. The maximum Gasteiger partial charge on any atom is 0.223 e. The van der Waals surface area contributed by atoms with Gasteiger partial charge in [0.05, 0.1) is 6.61 Å². The highest BCUT2D eigenvalue weighted by molar-refractivity contribution is 5.79. The van der Waals surface area contributed by atoms with Crippen LogP contribution in [-0.4, -0.2) is 59.1 Å². The molecule has 1 aromatic rings. The second kappa shape index (κ2) is 7.42. The van der Waals surface area contributed by atoms with E-state index < -0.39 is 0 Å². The summed E-state index contributed by atoms with van der Waals surface area (Å²) in [4.78, 5) is 21.5. The van der Waals surface area contributed by atoms with E-state index in [1.807, 2.05) is 24.5 Å². The molecule has 0 bridgehead atoms. The molecule has 0 radical (unpaired) electrons. The Bertz CT molecular complexity index is 588. The van der Waals surface area contributed by atoms with Crippen LogP contribution >= 0.6 is 0 Å². The van der Waals surface area contributed by atoms with Crippen molar-refractivity contribution in [2.45, 2.75) is 50.6 Å². The van der Waals surface area contributed by atoms with Gasteiger partial charge in [-0.1, -0.05) is 0 Å². The van der Waals surface area contributed by atoms with E-state index in [4.69, 9.17) is 4.74 Å². The molecule has 5 nitrogen and oxygen atoms in total. The molecule has 2 unspecified atom stereocenters. The Morgan fingerprint density at radius 3 is 2.88 bits per heavy atom. The van der Waals surface area contributed by atoms with Gasteiger partial charge in [-0.25, -0.2) is 0 Å². The van der Waals surface area contributed by atoms with Crippen LogP contribution in [0.1, 0.15) is 44.1 Å². The molecule has 4 heterocycles. The van der Waals surface area contributed by atoms with Gasteiger partial charge in [-0.05, 0) is 62.3 Å². The maximum atomic E-state index is 12.6. The van der Waals surface area contributed by atoms with Crippen molar-refractivity contribution in [1.82, 2.24) is 14.8 Å². The van der Waals surface area contributed by atoms with E-state index in [2.05, 4.69) is 14.8 Å². The van der Waals surface area contributed by atoms with Crippen LogP contribution in [0.5, 0.6) is 0 Å². The lowest BCUT2D eigenvalue weighted by Crippen LogP contribution is -2.46. The highest BCUT2D eigenvalue weighted by atomic mass is 16.5. The van der Waals surface area contributed by atoms with E-state index in [1.165, 1.54) is 18.4 Å². The number of hydrogen-bond donors (Lipinski definition) is 0. The van der Waals surface area contributed by atoms with Crippen LogP contribution in [0.15, 0.2) is 24.5 Å². The van der Waals surface area contributed by atoms with Gasteiger partial charge in [0.15, 0.2) is 0 Å². The largest absolute Gasteiger partial charge is 0.381 e. The van der Waals surface area contributed by atoms with Crippen molar-refractivity contribution < 1.29 is 9.53 Å². The zero-order chi connectivity index (χ0) is 17.1. The summed E-state index contributed by atoms with van der Waals surface area (Å²) in [5.41, 5.74) is 1.26. The van der Waals surface area contributed by atoms with Crippen molar-refractivity contribution in [3.05, 3.63) is 30.1 Å². The molecule has 3 fully saturated rings. The van der Waals surface area contributed by atoms with Crippen LogP contribution in [0.3, 0.4) is 0 Å². The van der Waals surface area contributed by atoms with Crippen molar-refractivity contribution in [3.8, 4) is 0 Å². The van der Waals surface area contributed by atoms with Gasteiger partial charge in [0.25, 0.3) is 0 Å². The second-order valence-corrected chi connectivity index (χ2v) is 7.94. The van der Waals surface area contributed by atoms with Gasteiger partial charge in [-0.3, -0.25) is 9.78 Å². The summed E-state index contributed by atoms with van der Waals surface area (Å²) in [5.74, 6) is 1.03. The average Bonchev–Trinajstić information content (AvgIpc) is 3.18. The molecule has 3 aliphatic heterocycles. The van der Waals surface area contributed by atoms with Gasteiger partial charge in [0.1, 0.15) is 0 Å². The summed E-state index contributed by atoms with van der Waals surface area (Å²) >= 11 is 0. The summed E-state index contributed by atoms with van der Waals surface area (Å²) in [7, 11) is 0. The summed E-state index contributed by atoms with van der Waals surface area (Å²) < 4.78 is 5.54. The predicted molar refractivity (Wildman–Crippen MR) is 96.0 cm³/mol. The first-order valence-electron chi connectivity index (χ1n) is 9.75. The first kappa shape index (κ1) is 17.0. The number of nitrogens with zero attached hydrogens (tertiary/aromatic N) is 3. The number of aromatic nitrogens is 1. The fraction of sp³-hybridized carbons (Fsp3) is 0.700. The lowest BCUT2D eigenvalue weighted by atomic mass is 9.87. The normalized spacial score (nSPS) is 31.0. The number of pyridine rings is 1. The second-order valence-electron chi connectivity index (χ2n) is 7.94. The third kappa shape index (κ3) is 3.72. The van der Waals surface area contributed by atoms with Gasteiger partial charge in [0, 0.05) is 50.6 Å². The van der Waals surface area contributed by atoms with Crippen LogP contribution < -0.4 is 0 Å². The average molecular weight is 343 g/mol. The Balaban J connectivity index is 1.43. The van der Waals surface area contributed by atoms with E-state index in [0.717, 1.165) is 58.7 Å². The minimum atomic E-state index is 0.0707. The van der Waals surface area contributed by atoms with E-state index in [-0.39, 0.29) is 5.54 Å². The number of likely N-dealkylation sites (tertiary alicyclic amines) is 2. The van der Waals surface area contributed by atoms with E-state index in [9.17, 15) is 4.79 Å². The van der Waals surface area contributed by atoms with Crippen LogP contribution in [0.25, 0.3) is 0 Å². The van der Waals surface area contributed by atoms with Gasteiger partial charge < -0.3 is 14.5 Å². The Hall–Kier alpha value is -1.46. The molecule has 3 saturated heterocycles. The van der Waals surface area contributed by atoms with Gasteiger partial charge in [-0.15, -0.1) is 0 Å². The summed E-state index contributed by atoms with van der Waals surface area (Å²) in [6.45, 7) is 6.02. The van der Waals surface area contributed by atoms with Crippen LogP contribution in [-0.2, 0) is 16.1 Å². The number of hydrogen-bond acceptors (Lipinski definition) is 4. The molecule has 1 aromatic heterocycles. The number of rotatable bonds is 4. The van der Waals surface area contributed by atoms with Crippen molar-refractivity contribution in [1.29, 1.82) is 0 Å². The predicted octanol–water partition coefficient (Wildman–Crippen LogP) is 2.47. The lowest BCUT2D eigenvalue weighted by molar-refractivity contribution is -0.132. The van der Waals surface area contributed by atoms with Gasteiger partial charge in [-0.2, -0.15) is 0 Å². The maximum absolute atomic E-state index is 12.6. The molecule has 0 N–H and O–H groups in total. The highest BCUT2D eigenvalue weighted by Crippen LogP contribution is 2.40. The number of ether oxygens (including phenoxy) is 1. The molecule has 4 rings (SSSR count). The Morgan fingerprint density at radius 1 is 1.20 bits per heavy atom. The highest BCUT2D eigenvalue weighted by Gasteiger charge is 2.45. The number of amides is 1. The Labute approximate surface area is 150 Å². The molecule has 0 aromatic carbocycles. The molecule has 1 spiro atoms. The molecule has 0 aliphatic carbocycles. The third-order valence-corrected chi connectivity index (χ3v) is 6.32.